The van der Waals surface area contributed by atoms with Crippen LogP contribution in [0.15, 0.2) is 18.2 Å². The van der Waals surface area contributed by atoms with Crippen LogP contribution in [0, 0.1) is 5.41 Å². The van der Waals surface area contributed by atoms with Crippen LogP contribution in [0.5, 0.6) is 0 Å². The van der Waals surface area contributed by atoms with Crippen molar-refractivity contribution >= 4 is 40.8 Å². The molecule has 0 unspecified atom stereocenters. The van der Waals surface area contributed by atoms with E-state index in [0.29, 0.717) is 29.2 Å². The highest BCUT2D eigenvalue weighted by Crippen LogP contribution is 2.44. The highest BCUT2D eigenvalue weighted by molar-refractivity contribution is 6.31. The van der Waals surface area contributed by atoms with Gasteiger partial charge in [-0.05, 0) is 31.0 Å². The zero-order chi connectivity index (χ0) is 16.3. The van der Waals surface area contributed by atoms with Crippen molar-refractivity contribution < 1.29 is 19.5 Å². The van der Waals surface area contributed by atoms with Crippen LogP contribution in [0.1, 0.15) is 32.6 Å². The molecular weight excluding hydrogens is 308 g/mol. The molecule has 118 valence electrons. The summed E-state index contributed by atoms with van der Waals surface area (Å²) in [7, 11) is 0. The monoisotopic (exact) mass is 324 g/mol. The standard InChI is InChI=1S/C15H17ClN2O4/c1-9(19)17-11-4-3-10(16)7-12(11)18-13(20)8-15(14(21)22)5-2-6-15/h3-4,7H,2,5-6,8H2,1H3,(H,17,19)(H,18,20)(H,21,22). The van der Waals surface area contributed by atoms with Crippen LogP contribution in [0.4, 0.5) is 11.4 Å². The van der Waals surface area contributed by atoms with E-state index in [9.17, 15) is 19.5 Å². The van der Waals surface area contributed by atoms with E-state index in [-0.39, 0.29) is 12.3 Å². The second-order valence-electron chi connectivity index (χ2n) is 5.54. The third-order valence-corrected chi connectivity index (χ3v) is 4.06. The number of carbonyl (C=O) groups excluding carboxylic acids is 2. The largest absolute Gasteiger partial charge is 0.481 e. The first-order chi connectivity index (χ1) is 10.3. The Labute approximate surface area is 132 Å². The molecule has 1 aromatic carbocycles. The molecule has 3 N–H and O–H groups in total. The van der Waals surface area contributed by atoms with Gasteiger partial charge in [-0.2, -0.15) is 0 Å². The predicted octanol–water partition coefficient (Wildman–Crippen LogP) is 2.88. The Balaban J connectivity index is 2.12. The van der Waals surface area contributed by atoms with E-state index in [1.807, 2.05) is 0 Å². The Morgan fingerprint density at radius 1 is 1.23 bits per heavy atom. The molecule has 0 radical (unpaired) electrons. The Morgan fingerprint density at radius 2 is 1.91 bits per heavy atom. The summed E-state index contributed by atoms with van der Waals surface area (Å²) < 4.78 is 0. The van der Waals surface area contributed by atoms with Crippen molar-refractivity contribution in [2.24, 2.45) is 5.41 Å². The number of benzene rings is 1. The van der Waals surface area contributed by atoms with E-state index in [2.05, 4.69) is 10.6 Å². The van der Waals surface area contributed by atoms with Crippen LogP contribution in [0.25, 0.3) is 0 Å². The van der Waals surface area contributed by atoms with Crippen LogP contribution in [-0.2, 0) is 14.4 Å². The van der Waals surface area contributed by atoms with Crippen molar-refractivity contribution in [2.75, 3.05) is 10.6 Å². The number of rotatable bonds is 5. The van der Waals surface area contributed by atoms with E-state index < -0.39 is 17.3 Å². The molecule has 2 amide bonds. The maximum atomic E-state index is 12.1. The van der Waals surface area contributed by atoms with Gasteiger partial charge in [-0.1, -0.05) is 18.0 Å². The number of nitrogens with one attached hydrogen (secondary N) is 2. The van der Waals surface area contributed by atoms with Gasteiger partial charge in [-0.3, -0.25) is 14.4 Å². The van der Waals surface area contributed by atoms with E-state index in [1.165, 1.54) is 13.0 Å². The first-order valence-corrected chi connectivity index (χ1v) is 7.31. The minimum absolute atomic E-state index is 0.0889. The van der Waals surface area contributed by atoms with Crippen molar-refractivity contribution in [3.05, 3.63) is 23.2 Å². The van der Waals surface area contributed by atoms with E-state index in [4.69, 9.17) is 11.6 Å². The molecule has 22 heavy (non-hydrogen) atoms. The fourth-order valence-electron chi connectivity index (χ4n) is 2.49. The summed E-state index contributed by atoms with van der Waals surface area (Å²) in [5.41, 5.74) is -0.188. The number of hydrogen-bond donors (Lipinski definition) is 3. The molecule has 6 nitrogen and oxygen atoms in total. The van der Waals surface area contributed by atoms with Gasteiger partial charge in [-0.15, -0.1) is 0 Å². The van der Waals surface area contributed by atoms with Gasteiger partial charge in [0.05, 0.1) is 16.8 Å². The lowest BCUT2D eigenvalue weighted by atomic mass is 9.66. The Bertz CT molecular complexity index is 626. The van der Waals surface area contributed by atoms with Gasteiger partial charge >= 0.3 is 5.97 Å². The smallest absolute Gasteiger partial charge is 0.310 e. The number of amides is 2. The second-order valence-corrected chi connectivity index (χ2v) is 5.97. The summed E-state index contributed by atoms with van der Waals surface area (Å²) in [6, 6.07) is 4.68. The number of hydrogen-bond acceptors (Lipinski definition) is 3. The molecule has 0 saturated heterocycles. The van der Waals surface area contributed by atoms with Crippen LogP contribution in [-0.4, -0.2) is 22.9 Å². The van der Waals surface area contributed by atoms with Crippen molar-refractivity contribution in [1.29, 1.82) is 0 Å². The minimum atomic E-state index is -0.961. The minimum Gasteiger partial charge on any atom is -0.481 e. The lowest BCUT2D eigenvalue weighted by Gasteiger charge is -2.36. The third kappa shape index (κ3) is 3.57. The first kappa shape index (κ1) is 16.3. The Morgan fingerprint density at radius 3 is 2.41 bits per heavy atom. The maximum Gasteiger partial charge on any atom is 0.310 e. The lowest BCUT2D eigenvalue weighted by Crippen LogP contribution is -2.41. The average Bonchev–Trinajstić information content (AvgIpc) is 2.36. The molecule has 1 fully saturated rings. The molecule has 0 aliphatic heterocycles. The molecule has 0 atom stereocenters. The van der Waals surface area contributed by atoms with E-state index in [1.54, 1.807) is 12.1 Å². The zero-order valence-electron chi connectivity index (χ0n) is 12.1. The molecule has 2 rings (SSSR count). The number of carboxylic acids is 1. The second kappa shape index (κ2) is 6.36. The van der Waals surface area contributed by atoms with Crippen molar-refractivity contribution in [1.82, 2.24) is 0 Å². The Hall–Kier alpha value is -2.08. The molecule has 7 heteroatoms. The fourth-order valence-corrected chi connectivity index (χ4v) is 2.66. The number of aliphatic carboxylic acids is 1. The molecule has 1 aliphatic carbocycles. The zero-order valence-corrected chi connectivity index (χ0v) is 12.9. The summed E-state index contributed by atoms with van der Waals surface area (Å²) >= 11 is 5.90. The fraction of sp³-hybridized carbons (Fsp3) is 0.400. The third-order valence-electron chi connectivity index (χ3n) is 3.83. The van der Waals surface area contributed by atoms with Crippen LogP contribution < -0.4 is 10.6 Å². The lowest BCUT2D eigenvalue weighted by molar-refractivity contribution is -0.157. The van der Waals surface area contributed by atoms with Gasteiger partial charge in [0, 0.05) is 18.4 Å². The van der Waals surface area contributed by atoms with E-state index in [0.717, 1.165) is 6.42 Å². The van der Waals surface area contributed by atoms with Crippen LogP contribution >= 0.6 is 11.6 Å². The van der Waals surface area contributed by atoms with Gasteiger partial charge in [0.25, 0.3) is 0 Å². The SMILES string of the molecule is CC(=O)Nc1ccc(Cl)cc1NC(=O)CC1(C(=O)O)CCC1. The van der Waals surface area contributed by atoms with Crippen molar-refractivity contribution in [2.45, 2.75) is 32.6 Å². The van der Waals surface area contributed by atoms with Gasteiger partial charge in [0.15, 0.2) is 0 Å². The summed E-state index contributed by atoms with van der Waals surface area (Å²) in [5.74, 6) is -1.63. The number of carboxylic acid groups (broad SMARTS) is 1. The summed E-state index contributed by atoms with van der Waals surface area (Å²) in [6.45, 7) is 1.36. The van der Waals surface area contributed by atoms with Gasteiger partial charge in [0.1, 0.15) is 0 Å². The molecule has 1 saturated carbocycles. The summed E-state index contributed by atoms with van der Waals surface area (Å²) in [5, 5.41) is 14.9. The molecular formula is C15H17ClN2O4. The van der Waals surface area contributed by atoms with Crippen molar-refractivity contribution in [3.63, 3.8) is 0 Å². The van der Waals surface area contributed by atoms with Gasteiger partial charge in [0.2, 0.25) is 11.8 Å². The van der Waals surface area contributed by atoms with Crippen molar-refractivity contribution in [3.8, 4) is 0 Å². The average molecular weight is 325 g/mol. The molecule has 1 aliphatic rings. The molecule has 0 spiro atoms. The highest BCUT2D eigenvalue weighted by atomic mass is 35.5. The van der Waals surface area contributed by atoms with Gasteiger partial charge < -0.3 is 15.7 Å². The number of carbonyl (C=O) groups is 3. The predicted molar refractivity (Wildman–Crippen MR) is 82.9 cm³/mol. The van der Waals surface area contributed by atoms with Crippen LogP contribution in [0.2, 0.25) is 5.02 Å². The highest BCUT2D eigenvalue weighted by Gasteiger charge is 2.45. The first-order valence-electron chi connectivity index (χ1n) is 6.93. The summed E-state index contributed by atoms with van der Waals surface area (Å²) in [4.78, 5) is 34.6. The number of anilines is 2. The quantitative estimate of drug-likeness (QED) is 0.776. The maximum absolute atomic E-state index is 12.1. The van der Waals surface area contributed by atoms with E-state index >= 15 is 0 Å². The molecule has 0 aromatic heterocycles. The molecule has 0 bridgehead atoms. The Kier molecular flexibility index (Phi) is 4.71. The number of halogens is 1. The molecule has 0 heterocycles. The summed E-state index contributed by atoms with van der Waals surface area (Å²) in [6.07, 6.45) is 1.73. The topological polar surface area (TPSA) is 95.5 Å². The molecule has 1 aromatic rings. The normalized spacial score (nSPS) is 15.5. The van der Waals surface area contributed by atoms with Crippen LogP contribution in [0.3, 0.4) is 0 Å². The van der Waals surface area contributed by atoms with Gasteiger partial charge in [-0.25, -0.2) is 0 Å².